The van der Waals surface area contributed by atoms with E-state index in [-0.39, 0.29) is 17.2 Å². The highest BCUT2D eigenvalue weighted by Crippen LogP contribution is 2.24. The van der Waals surface area contributed by atoms with Crippen molar-refractivity contribution in [3.05, 3.63) is 81.5 Å². The summed E-state index contributed by atoms with van der Waals surface area (Å²) in [4.78, 5) is 37.5. The molecule has 0 aliphatic rings. The number of aromatic nitrogens is 2. The van der Waals surface area contributed by atoms with Crippen molar-refractivity contribution >= 4 is 11.9 Å². The topological polar surface area (TPSA) is 81.3 Å². The molecule has 1 aromatic heterocycles. The molecule has 0 radical (unpaired) electrons. The van der Waals surface area contributed by atoms with E-state index in [2.05, 4.69) is 6.92 Å². The number of hydrogen-bond donors (Lipinski definition) is 1. The number of benzene rings is 2. The Kier molecular flexibility index (Phi) is 8.04. The van der Waals surface area contributed by atoms with Crippen LogP contribution in [-0.2, 0) is 13.0 Å². The summed E-state index contributed by atoms with van der Waals surface area (Å²) in [5.41, 5.74) is 4.00. The number of carboxylic acids is 1. The fourth-order valence-electron chi connectivity index (χ4n) is 4.15. The maximum absolute atomic E-state index is 13.2. The Morgan fingerprint density at radius 1 is 0.939 bits per heavy atom. The van der Waals surface area contributed by atoms with E-state index in [0.29, 0.717) is 18.5 Å². The summed E-state index contributed by atoms with van der Waals surface area (Å²) in [7, 11) is 0. The second kappa shape index (κ2) is 10.9. The molecule has 6 nitrogen and oxygen atoms in total. The molecule has 174 valence electrons. The highest BCUT2D eigenvalue weighted by atomic mass is 16.4. The third-order valence-electron chi connectivity index (χ3n) is 6.02. The number of aromatic carboxylic acids is 1. The SMILES string of the molecule is CCCCC(=O)n1c(C)c(CCCC)n(Cc2ccc(-c3ccccc3C(=O)O)cc2)c1=O. The van der Waals surface area contributed by atoms with Gasteiger partial charge in [-0.3, -0.25) is 9.36 Å². The predicted octanol–water partition coefficient (Wildman–Crippen LogP) is 5.54. The largest absolute Gasteiger partial charge is 0.478 e. The van der Waals surface area contributed by atoms with Crippen LogP contribution >= 0.6 is 0 Å². The van der Waals surface area contributed by atoms with Gasteiger partial charge in [0.2, 0.25) is 5.91 Å². The van der Waals surface area contributed by atoms with Crippen molar-refractivity contribution in [1.29, 1.82) is 0 Å². The standard InChI is InChI=1S/C27H32N2O4/c1-4-6-12-24-19(3)29(25(30)13-7-5-2)27(33)28(24)18-20-14-16-21(17-15-20)22-10-8-9-11-23(22)26(31)32/h8-11,14-17H,4-7,12-13,18H2,1-3H3,(H,31,32). The first-order valence-corrected chi connectivity index (χ1v) is 11.6. The van der Waals surface area contributed by atoms with Crippen LogP contribution in [0.25, 0.3) is 11.1 Å². The van der Waals surface area contributed by atoms with E-state index in [4.69, 9.17) is 0 Å². The third kappa shape index (κ3) is 5.33. The Bertz CT molecular complexity index is 1190. The van der Waals surface area contributed by atoms with Crippen LogP contribution in [0.2, 0.25) is 0 Å². The van der Waals surface area contributed by atoms with Gasteiger partial charge < -0.3 is 5.11 Å². The van der Waals surface area contributed by atoms with Crippen LogP contribution in [0.3, 0.4) is 0 Å². The highest BCUT2D eigenvalue weighted by molar-refractivity contribution is 5.96. The highest BCUT2D eigenvalue weighted by Gasteiger charge is 2.21. The summed E-state index contributed by atoms with van der Waals surface area (Å²) in [6, 6.07) is 14.5. The summed E-state index contributed by atoms with van der Waals surface area (Å²) in [6.07, 6.45) is 4.72. The monoisotopic (exact) mass is 448 g/mol. The van der Waals surface area contributed by atoms with Crippen molar-refractivity contribution in [3.8, 4) is 11.1 Å². The van der Waals surface area contributed by atoms with Gasteiger partial charge in [0.1, 0.15) is 0 Å². The Morgan fingerprint density at radius 2 is 1.61 bits per heavy atom. The first-order valence-electron chi connectivity index (χ1n) is 11.6. The summed E-state index contributed by atoms with van der Waals surface area (Å²) >= 11 is 0. The molecule has 0 unspecified atom stereocenters. The van der Waals surface area contributed by atoms with Gasteiger partial charge in [0.25, 0.3) is 0 Å². The number of nitrogens with zero attached hydrogens (tertiary/aromatic N) is 2. The Balaban J connectivity index is 1.95. The van der Waals surface area contributed by atoms with Gasteiger partial charge >= 0.3 is 11.7 Å². The summed E-state index contributed by atoms with van der Waals surface area (Å²) in [5.74, 6) is -1.11. The minimum Gasteiger partial charge on any atom is -0.478 e. The molecule has 0 saturated heterocycles. The van der Waals surface area contributed by atoms with Gasteiger partial charge in [-0.05, 0) is 48.9 Å². The lowest BCUT2D eigenvalue weighted by Crippen LogP contribution is -2.30. The van der Waals surface area contributed by atoms with Gasteiger partial charge in [-0.15, -0.1) is 0 Å². The average molecular weight is 449 g/mol. The zero-order chi connectivity index (χ0) is 24.0. The van der Waals surface area contributed by atoms with Gasteiger partial charge in [0.15, 0.2) is 0 Å². The van der Waals surface area contributed by atoms with Crippen molar-refractivity contribution in [2.24, 2.45) is 0 Å². The molecule has 1 N–H and O–H groups in total. The van der Waals surface area contributed by atoms with Crippen LogP contribution < -0.4 is 5.69 Å². The smallest absolute Gasteiger partial charge is 0.336 e. The van der Waals surface area contributed by atoms with E-state index in [1.807, 2.05) is 44.2 Å². The van der Waals surface area contributed by atoms with Crippen molar-refractivity contribution in [3.63, 3.8) is 0 Å². The molecule has 0 fully saturated rings. The summed E-state index contributed by atoms with van der Waals surface area (Å²) in [6.45, 7) is 6.36. The van der Waals surface area contributed by atoms with Gasteiger partial charge in [-0.1, -0.05) is 69.2 Å². The number of carbonyl (C=O) groups is 2. The Morgan fingerprint density at radius 3 is 2.24 bits per heavy atom. The quantitative estimate of drug-likeness (QED) is 0.441. The molecule has 0 aliphatic carbocycles. The van der Waals surface area contributed by atoms with Gasteiger partial charge in [-0.2, -0.15) is 0 Å². The van der Waals surface area contributed by atoms with Crippen molar-refractivity contribution in [2.45, 2.75) is 65.8 Å². The molecule has 0 atom stereocenters. The number of rotatable bonds is 10. The van der Waals surface area contributed by atoms with Crippen molar-refractivity contribution < 1.29 is 14.7 Å². The van der Waals surface area contributed by atoms with Crippen LogP contribution in [0.15, 0.2) is 53.3 Å². The number of carboxylic acid groups (broad SMARTS) is 1. The van der Waals surface area contributed by atoms with Crippen LogP contribution in [-0.4, -0.2) is 26.1 Å². The molecule has 6 heteroatoms. The first-order chi connectivity index (χ1) is 15.9. The minimum absolute atomic E-state index is 0.142. The number of unbranched alkanes of at least 4 members (excludes halogenated alkanes) is 2. The van der Waals surface area contributed by atoms with Crippen molar-refractivity contribution in [1.82, 2.24) is 9.13 Å². The van der Waals surface area contributed by atoms with Crippen LogP contribution in [0, 0.1) is 6.92 Å². The summed E-state index contributed by atoms with van der Waals surface area (Å²) < 4.78 is 3.06. The number of hydrogen-bond acceptors (Lipinski definition) is 3. The fourth-order valence-corrected chi connectivity index (χ4v) is 4.15. The molecular weight excluding hydrogens is 416 g/mol. The van der Waals surface area contributed by atoms with Crippen LogP contribution in [0.4, 0.5) is 0 Å². The first kappa shape index (κ1) is 24.2. The van der Waals surface area contributed by atoms with E-state index < -0.39 is 5.97 Å². The summed E-state index contributed by atoms with van der Waals surface area (Å²) in [5, 5.41) is 9.47. The molecule has 3 aromatic rings. The molecule has 0 bridgehead atoms. The van der Waals surface area contributed by atoms with Gasteiger partial charge in [-0.25, -0.2) is 14.2 Å². The molecule has 2 aromatic carbocycles. The maximum atomic E-state index is 13.2. The number of carbonyl (C=O) groups excluding carboxylic acids is 1. The molecule has 0 amide bonds. The van der Waals surface area contributed by atoms with Crippen molar-refractivity contribution in [2.75, 3.05) is 0 Å². The predicted molar refractivity (Wildman–Crippen MR) is 130 cm³/mol. The molecule has 0 spiro atoms. The third-order valence-corrected chi connectivity index (χ3v) is 6.02. The molecule has 33 heavy (non-hydrogen) atoms. The lowest BCUT2D eigenvalue weighted by Gasteiger charge is -2.10. The van der Waals surface area contributed by atoms with Gasteiger partial charge in [0, 0.05) is 17.8 Å². The zero-order valence-corrected chi connectivity index (χ0v) is 19.6. The zero-order valence-electron chi connectivity index (χ0n) is 19.6. The molecule has 1 heterocycles. The second-order valence-electron chi connectivity index (χ2n) is 8.38. The maximum Gasteiger partial charge on any atom is 0.336 e. The van der Waals surface area contributed by atoms with E-state index in [9.17, 15) is 19.5 Å². The van der Waals surface area contributed by atoms with Crippen LogP contribution in [0.1, 0.15) is 78.1 Å². The van der Waals surface area contributed by atoms with E-state index in [0.717, 1.165) is 54.6 Å². The minimum atomic E-state index is -0.966. The molecule has 0 saturated carbocycles. The van der Waals surface area contributed by atoms with E-state index in [1.165, 1.54) is 4.57 Å². The molecule has 0 aliphatic heterocycles. The lowest BCUT2D eigenvalue weighted by atomic mass is 9.99. The van der Waals surface area contributed by atoms with Gasteiger partial charge in [0.05, 0.1) is 12.1 Å². The van der Waals surface area contributed by atoms with Crippen LogP contribution in [0.5, 0.6) is 0 Å². The van der Waals surface area contributed by atoms with E-state index >= 15 is 0 Å². The normalized spacial score (nSPS) is 11.0. The lowest BCUT2D eigenvalue weighted by molar-refractivity contribution is 0.0697. The van der Waals surface area contributed by atoms with E-state index in [1.54, 1.807) is 22.8 Å². The number of imidazole rings is 1. The second-order valence-corrected chi connectivity index (χ2v) is 8.38. The molecule has 3 rings (SSSR count). The Hall–Kier alpha value is -3.41. The average Bonchev–Trinajstić information content (AvgIpc) is 3.05. The Labute approximate surface area is 194 Å². The molecular formula is C27H32N2O4. The fraction of sp³-hybridized carbons (Fsp3) is 0.370.